The highest BCUT2D eigenvalue weighted by Crippen LogP contribution is 2.24. The number of carbonyl (C=O) groups is 1. The summed E-state index contributed by atoms with van der Waals surface area (Å²) in [6, 6.07) is 7.96. The molecule has 1 aliphatic heterocycles. The fourth-order valence-electron chi connectivity index (χ4n) is 3.53. The van der Waals surface area contributed by atoms with E-state index in [2.05, 4.69) is 15.3 Å². The normalized spacial score (nSPS) is 17.4. The van der Waals surface area contributed by atoms with E-state index < -0.39 is 0 Å². The summed E-state index contributed by atoms with van der Waals surface area (Å²) in [5, 5.41) is 10.5. The molecule has 1 unspecified atom stereocenters. The van der Waals surface area contributed by atoms with Gasteiger partial charge in [0.05, 0.1) is 11.4 Å². The zero-order valence-electron chi connectivity index (χ0n) is 14.1. The van der Waals surface area contributed by atoms with Crippen LogP contribution in [-0.2, 0) is 0 Å². The fourth-order valence-corrected chi connectivity index (χ4v) is 3.53. The minimum atomic E-state index is -0.0846. The lowest BCUT2D eigenvalue weighted by atomic mass is 10.1. The number of benzene rings is 1. The maximum absolute atomic E-state index is 12.9. The Balaban J connectivity index is 1.75. The Bertz CT molecular complexity index is 929. The van der Waals surface area contributed by atoms with Gasteiger partial charge in [-0.3, -0.25) is 9.78 Å². The number of fused-ring (bicyclic) bond motifs is 1. The Kier molecular flexibility index (Phi) is 3.93. The number of pyridine rings is 1. The summed E-state index contributed by atoms with van der Waals surface area (Å²) in [5.41, 5.74) is 7.81. The zero-order valence-corrected chi connectivity index (χ0v) is 14.1. The number of carbonyl (C=O) groups excluding carboxylic acids is 1. The molecule has 0 bridgehead atoms. The summed E-state index contributed by atoms with van der Waals surface area (Å²) < 4.78 is 1.73. The number of nitrogens with two attached hydrogens (primary N) is 1. The van der Waals surface area contributed by atoms with Crippen LogP contribution in [0.2, 0.25) is 0 Å². The molecule has 3 heterocycles. The summed E-state index contributed by atoms with van der Waals surface area (Å²) in [6.07, 6.45) is 5.50. The van der Waals surface area contributed by atoms with Gasteiger partial charge in [0.2, 0.25) is 0 Å². The van der Waals surface area contributed by atoms with Gasteiger partial charge in [-0.1, -0.05) is 17.3 Å². The van der Waals surface area contributed by atoms with Crippen molar-refractivity contribution in [3.63, 3.8) is 0 Å². The van der Waals surface area contributed by atoms with E-state index in [1.165, 1.54) is 0 Å². The zero-order chi connectivity index (χ0) is 17.4. The Hall–Kier alpha value is -2.80. The molecule has 2 aromatic heterocycles. The van der Waals surface area contributed by atoms with Crippen molar-refractivity contribution in [3.8, 4) is 5.69 Å². The number of nitrogens with zero attached hydrogens (tertiary/aromatic N) is 5. The number of likely N-dealkylation sites (tertiary alicyclic amines) is 1. The van der Waals surface area contributed by atoms with Crippen LogP contribution in [0.15, 0.2) is 36.7 Å². The van der Waals surface area contributed by atoms with Gasteiger partial charge in [0.1, 0.15) is 0 Å². The van der Waals surface area contributed by atoms with Crippen LogP contribution < -0.4 is 5.73 Å². The first-order valence-electron chi connectivity index (χ1n) is 8.47. The van der Waals surface area contributed by atoms with Gasteiger partial charge in [0, 0.05) is 42.3 Å². The van der Waals surface area contributed by atoms with E-state index in [1.54, 1.807) is 10.9 Å². The second-order valence-electron chi connectivity index (χ2n) is 6.34. The lowest BCUT2D eigenvalue weighted by Gasteiger charge is -2.22. The van der Waals surface area contributed by atoms with Crippen LogP contribution in [0.5, 0.6) is 0 Å². The van der Waals surface area contributed by atoms with E-state index in [9.17, 15) is 4.79 Å². The number of rotatable bonds is 3. The Morgan fingerprint density at radius 3 is 3.08 bits per heavy atom. The van der Waals surface area contributed by atoms with Crippen LogP contribution in [0.1, 0.15) is 29.0 Å². The lowest BCUT2D eigenvalue weighted by Crippen LogP contribution is -2.40. The minimum Gasteiger partial charge on any atom is -0.333 e. The molecular formula is C18H20N6O. The highest BCUT2D eigenvalue weighted by molar-refractivity contribution is 5.94. The average Bonchev–Trinajstić information content (AvgIpc) is 3.27. The third kappa shape index (κ3) is 2.56. The van der Waals surface area contributed by atoms with Crippen LogP contribution >= 0.6 is 0 Å². The standard InChI is InChI=1S/C18H20N6O/c1-12-17(18(25)23-9-3-5-14(23)10-19)21-22-24(12)16-6-2-4-13-11-20-8-7-15(13)16/h2,4,6-8,11,14H,3,5,9-10,19H2,1H3. The van der Waals surface area contributed by atoms with Crippen molar-refractivity contribution in [1.82, 2.24) is 24.9 Å². The average molecular weight is 336 g/mol. The molecule has 1 aromatic carbocycles. The molecular weight excluding hydrogens is 316 g/mol. The lowest BCUT2D eigenvalue weighted by molar-refractivity contribution is 0.0734. The molecule has 0 spiro atoms. The Labute approximate surface area is 145 Å². The molecule has 1 fully saturated rings. The van der Waals surface area contributed by atoms with Crippen molar-refractivity contribution in [2.45, 2.75) is 25.8 Å². The van der Waals surface area contributed by atoms with Crippen molar-refractivity contribution in [3.05, 3.63) is 48.0 Å². The molecule has 25 heavy (non-hydrogen) atoms. The van der Waals surface area contributed by atoms with E-state index >= 15 is 0 Å². The monoisotopic (exact) mass is 336 g/mol. The van der Waals surface area contributed by atoms with Gasteiger partial charge in [0.15, 0.2) is 5.69 Å². The van der Waals surface area contributed by atoms with Crippen LogP contribution in [0.4, 0.5) is 0 Å². The minimum absolute atomic E-state index is 0.0846. The molecule has 2 N–H and O–H groups in total. The second-order valence-corrected chi connectivity index (χ2v) is 6.34. The molecule has 3 aromatic rings. The van der Waals surface area contributed by atoms with E-state index in [4.69, 9.17) is 5.73 Å². The van der Waals surface area contributed by atoms with E-state index in [0.717, 1.165) is 41.5 Å². The third-order valence-electron chi connectivity index (χ3n) is 4.89. The summed E-state index contributed by atoms with van der Waals surface area (Å²) in [5.74, 6) is -0.0846. The smallest absolute Gasteiger partial charge is 0.276 e. The van der Waals surface area contributed by atoms with Gasteiger partial charge in [-0.05, 0) is 31.9 Å². The van der Waals surface area contributed by atoms with Crippen molar-refractivity contribution in [1.29, 1.82) is 0 Å². The van der Waals surface area contributed by atoms with Gasteiger partial charge in [0.25, 0.3) is 5.91 Å². The molecule has 0 aliphatic carbocycles. The van der Waals surface area contributed by atoms with Crippen molar-refractivity contribution in [2.75, 3.05) is 13.1 Å². The van der Waals surface area contributed by atoms with E-state index in [0.29, 0.717) is 12.2 Å². The van der Waals surface area contributed by atoms with Gasteiger partial charge in [-0.15, -0.1) is 5.10 Å². The van der Waals surface area contributed by atoms with Gasteiger partial charge >= 0.3 is 0 Å². The molecule has 1 atom stereocenters. The fraction of sp³-hybridized carbons (Fsp3) is 0.333. The highest BCUT2D eigenvalue weighted by Gasteiger charge is 2.31. The van der Waals surface area contributed by atoms with Crippen LogP contribution in [0, 0.1) is 6.92 Å². The Morgan fingerprint density at radius 2 is 2.24 bits per heavy atom. The molecule has 7 heteroatoms. The number of hydrogen-bond donors (Lipinski definition) is 1. The van der Waals surface area contributed by atoms with Gasteiger partial charge < -0.3 is 10.6 Å². The number of amides is 1. The summed E-state index contributed by atoms with van der Waals surface area (Å²) >= 11 is 0. The van der Waals surface area contributed by atoms with Crippen LogP contribution in [0.25, 0.3) is 16.5 Å². The maximum atomic E-state index is 12.9. The topological polar surface area (TPSA) is 89.9 Å². The predicted molar refractivity (Wildman–Crippen MR) is 94.5 cm³/mol. The molecule has 1 aliphatic rings. The molecule has 1 saturated heterocycles. The first-order valence-corrected chi connectivity index (χ1v) is 8.47. The van der Waals surface area contributed by atoms with Gasteiger partial charge in [-0.2, -0.15) is 0 Å². The molecule has 128 valence electrons. The maximum Gasteiger partial charge on any atom is 0.276 e. The molecule has 0 radical (unpaired) electrons. The second kappa shape index (κ2) is 6.25. The molecule has 0 saturated carbocycles. The number of aromatic nitrogens is 4. The third-order valence-corrected chi connectivity index (χ3v) is 4.89. The van der Waals surface area contributed by atoms with Crippen LogP contribution in [0.3, 0.4) is 0 Å². The van der Waals surface area contributed by atoms with E-state index in [-0.39, 0.29) is 11.9 Å². The predicted octanol–water partition coefficient (Wildman–Crippen LogP) is 1.69. The first kappa shape index (κ1) is 15.7. The van der Waals surface area contributed by atoms with Crippen molar-refractivity contribution < 1.29 is 4.79 Å². The summed E-state index contributed by atoms with van der Waals surface area (Å²) in [6.45, 7) is 3.09. The largest absolute Gasteiger partial charge is 0.333 e. The molecule has 4 rings (SSSR count). The number of hydrogen-bond acceptors (Lipinski definition) is 5. The summed E-state index contributed by atoms with van der Waals surface area (Å²) in [7, 11) is 0. The van der Waals surface area contributed by atoms with Crippen LogP contribution in [-0.4, -0.2) is 49.9 Å². The van der Waals surface area contributed by atoms with E-state index in [1.807, 2.05) is 42.3 Å². The first-order chi connectivity index (χ1) is 12.2. The van der Waals surface area contributed by atoms with Crippen molar-refractivity contribution >= 4 is 16.7 Å². The molecule has 7 nitrogen and oxygen atoms in total. The highest BCUT2D eigenvalue weighted by atomic mass is 16.2. The molecule has 1 amide bonds. The van der Waals surface area contributed by atoms with Gasteiger partial charge in [-0.25, -0.2) is 4.68 Å². The SMILES string of the molecule is Cc1c(C(=O)N2CCCC2CN)nnn1-c1cccc2cnccc12. The van der Waals surface area contributed by atoms with Crippen molar-refractivity contribution in [2.24, 2.45) is 5.73 Å². The quantitative estimate of drug-likeness (QED) is 0.786. The summed E-state index contributed by atoms with van der Waals surface area (Å²) in [4.78, 5) is 18.9. The Morgan fingerprint density at radius 1 is 1.36 bits per heavy atom.